The number of para-hydroxylation sites is 1. The molecule has 0 bridgehead atoms. The van der Waals surface area contributed by atoms with Crippen LogP contribution in [-0.4, -0.2) is 36.9 Å². The second-order valence-electron chi connectivity index (χ2n) is 5.71. The van der Waals surface area contributed by atoms with Gasteiger partial charge >= 0.3 is 0 Å². The standard InChI is InChI=1S/C20H23ClN2O3/c1-4-23(5-2)20(25)16-11-10-15(13-17(16)21)22-19(24)12-14-8-6-7-9-18(14)26-3/h6-11,13H,4-5,12H2,1-3H3,(H,22,24). The molecule has 2 amide bonds. The first-order valence-corrected chi connectivity index (χ1v) is 8.88. The molecule has 0 aromatic heterocycles. The van der Waals surface area contributed by atoms with Gasteiger partial charge in [0.25, 0.3) is 5.91 Å². The molecular formula is C20H23ClN2O3. The smallest absolute Gasteiger partial charge is 0.255 e. The number of hydrogen-bond acceptors (Lipinski definition) is 3. The summed E-state index contributed by atoms with van der Waals surface area (Å²) in [6, 6.07) is 12.3. The Labute approximate surface area is 158 Å². The highest BCUT2D eigenvalue weighted by molar-refractivity contribution is 6.34. The fourth-order valence-corrected chi connectivity index (χ4v) is 2.94. The number of ether oxygens (including phenoxy) is 1. The normalized spacial score (nSPS) is 10.3. The lowest BCUT2D eigenvalue weighted by atomic mass is 10.1. The van der Waals surface area contributed by atoms with Crippen molar-refractivity contribution in [1.29, 1.82) is 0 Å². The topological polar surface area (TPSA) is 58.6 Å². The number of anilines is 1. The second kappa shape index (κ2) is 9.25. The van der Waals surface area contributed by atoms with Crippen LogP contribution < -0.4 is 10.1 Å². The third-order valence-corrected chi connectivity index (χ3v) is 4.39. The number of methoxy groups -OCH3 is 1. The molecule has 0 aliphatic heterocycles. The zero-order chi connectivity index (χ0) is 19.1. The van der Waals surface area contributed by atoms with Gasteiger partial charge in [0.2, 0.25) is 5.91 Å². The van der Waals surface area contributed by atoms with Gasteiger partial charge in [0.15, 0.2) is 0 Å². The number of rotatable bonds is 7. The summed E-state index contributed by atoms with van der Waals surface area (Å²) in [6.45, 7) is 5.07. The van der Waals surface area contributed by atoms with Gasteiger partial charge in [-0.1, -0.05) is 29.8 Å². The summed E-state index contributed by atoms with van der Waals surface area (Å²) >= 11 is 6.25. The Balaban J connectivity index is 2.09. The van der Waals surface area contributed by atoms with E-state index in [1.54, 1.807) is 30.2 Å². The van der Waals surface area contributed by atoms with E-state index in [0.717, 1.165) is 5.56 Å². The van der Waals surface area contributed by atoms with Crippen molar-refractivity contribution in [2.45, 2.75) is 20.3 Å². The molecule has 0 spiro atoms. The minimum absolute atomic E-state index is 0.119. The molecule has 0 aliphatic carbocycles. The Morgan fingerprint density at radius 2 is 1.81 bits per heavy atom. The Bertz CT molecular complexity index is 788. The quantitative estimate of drug-likeness (QED) is 0.796. The third kappa shape index (κ3) is 4.76. The van der Waals surface area contributed by atoms with E-state index in [-0.39, 0.29) is 18.2 Å². The van der Waals surface area contributed by atoms with Crippen molar-refractivity contribution in [3.63, 3.8) is 0 Å². The Hall–Kier alpha value is -2.53. The van der Waals surface area contributed by atoms with Crippen LogP contribution in [0.25, 0.3) is 0 Å². The lowest BCUT2D eigenvalue weighted by Gasteiger charge is -2.19. The van der Waals surface area contributed by atoms with E-state index in [9.17, 15) is 9.59 Å². The zero-order valence-electron chi connectivity index (χ0n) is 15.2. The molecule has 26 heavy (non-hydrogen) atoms. The predicted octanol–water partition coefficient (Wildman–Crippen LogP) is 4.01. The molecule has 1 N–H and O–H groups in total. The van der Waals surface area contributed by atoms with Crippen molar-refractivity contribution in [3.05, 3.63) is 58.6 Å². The van der Waals surface area contributed by atoms with Gasteiger partial charge in [-0.3, -0.25) is 9.59 Å². The van der Waals surface area contributed by atoms with Crippen molar-refractivity contribution in [3.8, 4) is 5.75 Å². The van der Waals surface area contributed by atoms with Gasteiger partial charge in [0, 0.05) is 24.3 Å². The van der Waals surface area contributed by atoms with Gasteiger partial charge in [-0.2, -0.15) is 0 Å². The minimum atomic E-state index is -0.187. The number of carbonyl (C=O) groups excluding carboxylic acids is 2. The maximum atomic E-state index is 12.4. The molecule has 5 nitrogen and oxygen atoms in total. The molecular weight excluding hydrogens is 352 g/mol. The number of nitrogens with zero attached hydrogens (tertiary/aromatic N) is 1. The maximum Gasteiger partial charge on any atom is 0.255 e. The number of halogens is 1. The molecule has 0 aliphatic rings. The summed E-state index contributed by atoms with van der Waals surface area (Å²) in [4.78, 5) is 26.4. The maximum absolute atomic E-state index is 12.4. The Kier molecular flexibility index (Phi) is 7.04. The van der Waals surface area contributed by atoms with Crippen LogP contribution in [0.5, 0.6) is 5.75 Å². The number of carbonyl (C=O) groups is 2. The largest absolute Gasteiger partial charge is 0.496 e. The fraction of sp³-hybridized carbons (Fsp3) is 0.300. The van der Waals surface area contributed by atoms with Gasteiger partial charge in [0.05, 0.1) is 24.1 Å². The summed E-state index contributed by atoms with van der Waals surface area (Å²) in [5.41, 5.74) is 1.77. The van der Waals surface area contributed by atoms with Crippen LogP contribution in [0.2, 0.25) is 5.02 Å². The zero-order valence-corrected chi connectivity index (χ0v) is 16.0. The average Bonchev–Trinajstić information content (AvgIpc) is 2.63. The Morgan fingerprint density at radius 3 is 2.42 bits per heavy atom. The van der Waals surface area contributed by atoms with E-state index < -0.39 is 0 Å². The first-order chi connectivity index (χ1) is 12.5. The van der Waals surface area contributed by atoms with Crippen LogP contribution in [0.15, 0.2) is 42.5 Å². The van der Waals surface area contributed by atoms with Gasteiger partial charge < -0.3 is 15.0 Å². The minimum Gasteiger partial charge on any atom is -0.496 e. The summed E-state index contributed by atoms with van der Waals surface area (Å²) in [5, 5.41) is 3.12. The molecule has 0 radical (unpaired) electrons. The van der Waals surface area contributed by atoms with Crippen molar-refractivity contribution >= 4 is 29.1 Å². The van der Waals surface area contributed by atoms with Crippen LogP contribution in [0.3, 0.4) is 0 Å². The van der Waals surface area contributed by atoms with Gasteiger partial charge in [-0.15, -0.1) is 0 Å². The van der Waals surface area contributed by atoms with E-state index in [1.165, 1.54) is 0 Å². The fourth-order valence-electron chi connectivity index (χ4n) is 2.67. The van der Waals surface area contributed by atoms with Crippen molar-refractivity contribution in [1.82, 2.24) is 4.90 Å². The third-order valence-electron chi connectivity index (χ3n) is 4.08. The lowest BCUT2D eigenvalue weighted by Crippen LogP contribution is -2.30. The highest BCUT2D eigenvalue weighted by atomic mass is 35.5. The molecule has 2 aromatic carbocycles. The van der Waals surface area contributed by atoms with Gasteiger partial charge in [-0.25, -0.2) is 0 Å². The lowest BCUT2D eigenvalue weighted by molar-refractivity contribution is -0.115. The number of benzene rings is 2. The number of hydrogen-bond donors (Lipinski definition) is 1. The Morgan fingerprint density at radius 1 is 1.12 bits per heavy atom. The first kappa shape index (κ1) is 19.8. The molecule has 0 unspecified atom stereocenters. The average molecular weight is 375 g/mol. The van der Waals surface area contributed by atoms with E-state index in [1.807, 2.05) is 38.1 Å². The second-order valence-corrected chi connectivity index (χ2v) is 6.12. The summed E-state index contributed by atoms with van der Waals surface area (Å²) < 4.78 is 5.26. The van der Waals surface area contributed by atoms with Gasteiger partial charge in [0.1, 0.15) is 5.75 Å². The summed E-state index contributed by atoms with van der Waals surface area (Å²) in [6.07, 6.45) is 0.182. The summed E-state index contributed by atoms with van der Waals surface area (Å²) in [5.74, 6) is 0.362. The number of nitrogens with one attached hydrogen (secondary N) is 1. The van der Waals surface area contributed by atoms with Crippen LogP contribution in [-0.2, 0) is 11.2 Å². The molecule has 0 atom stereocenters. The monoisotopic (exact) mass is 374 g/mol. The molecule has 6 heteroatoms. The SMILES string of the molecule is CCN(CC)C(=O)c1ccc(NC(=O)Cc2ccccc2OC)cc1Cl. The molecule has 0 heterocycles. The van der Waals surface area contributed by atoms with Crippen LogP contribution in [0, 0.1) is 0 Å². The van der Waals surface area contributed by atoms with E-state index >= 15 is 0 Å². The molecule has 2 aromatic rings. The van der Waals surface area contributed by atoms with Crippen molar-refractivity contribution in [2.24, 2.45) is 0 Å². The number of amides is 2. The van der Waals surface area contributed by atoms with E-state index in [4.69, 9.17) is 16.3 Å². The van der Waals surface area contributed by atoms with Crippen LogP contribution in [0.4, 0.5) is 5.69 Å². The molecule has 2 rings (SSSR count). The van der Waals surface area contributed by atoms with Crippen LogP contribution >= 0.6 is 11.6 Å². The molecule has 138 valence electrons. The predicted molar refractivity (Wildman–Crippen MR) is 104 cm³/mol. The van der Waals surface area contributed by atoms with E-state index in [2.05, 4.69) is 5.32 Å². The molecule has 0 saturated heterocycles. The van der Waals surface area contributed by atoms with Crippen LogP contribution in [0.1, 0.15) is 29.8 Å². The molecule has 0 saturated carbocycles. The van der Waals surface area contributed by atoms with Crippen molar-refractivity contribution in [2.75, 3.05) is 25.5 Å². The summed E-state index contributed by atoms with van der Waals surface area (Å²) in [7, 11) is 1.57. The highest BCUT2D eigenvalue weighted by Gasteiger charge is 2.16. The van der Waals surface area contributed by atoms with Crippen molar-refractivity contribution < 1.29 is 14.3 Å². The molecule has 0 fully saturated rings. The van der Waals surface area contributed by atoms with E-state index in [0.29, 0.717) is 35.1 Å². The first-order valence-electron chi connectivity index (χ1n) is 8.50. The van der Waals surface area contributed by atoms with Gasteiger partial charge in [-0.05, 0) is 38.1 Å². The highest BCUT2D eigenvalue weighted by Crippen LogP contribution is 2.23.